The quantitative estimate of drug-likeness (QED) is 0.805. The molecule has 0 radical (unpaired) electrons. The second-order valence-corrected chi connectivity index (χ2v) is 6.80. The molecular weight excluding hydrogens is 278 g/mol. The Balaban J connectivity index is 2.06. The van der Waals surface area contributed by atoms with Crippen molar-refractivity contribution in [3.8, 4) is 5.88 Å². The summed E-state index contributed by atoms with van der Waals surface area (Å²) >= 11 is 3.48. The highest BCUT2D eigenvalue weighted by molar-refractivity contribution is 9.10. The standard InChI is InChI=1S/C14H20BrNO/c1-10-7-11(9-14(2,3)8-10)17-13-12(15)5-4-6-16-13/h4-6,10-11H,7-9H2,1-3H3. The van der Waals surface area contributed by atoms with Gasteiger partial charge in [0.2, 0.25) is 5.88 Å². The van der Waals surface area contributed by atoms with Crippen molar-refractivity contribution >= 4 is 15.9 Å². The summed E-state index contributed by atoms with van der Waals surface area (Å²) in [5.41, 5.74) is 0.379. The fourth-order valence-corrected chi connectivity index (χ4v) is 3.31. The van der Waals surface area contributed by atoms with E-state index < -0.39 is 0 Å². The third-order valence-corrected chi connectivity index (χ3v) is 3.95. The number of pyridine rings is 1. The second kappa shape index (κ2) is 4.97. The number of ether oxygens (including phenoxy) is 1. The summed E-state index contributed by atoms with van der Waals surface area (Å²) in [6.07, 6.45) is 5.60. The molecule has 1 aromatic rings. The highest BCUT2D eigenvalue weighted by Crippen LogP contribution is 2.40. The molecule has 0 N–H and O–H groups in total. The molecule has 1 heterocycles. The first-order chi connectivity index (χ1) is 7.96. The molecule has 1 fully saturated rings. The molecule has 2 nitrogen and oxygen atoms in total. The number of hydrogen-bond acceptors (Lipinski definition) is 2. The molecule has 1 aliphatic carbocycles. The maximum Gasteiger partial charge on any atom is 0.228 e. The Bertz CT molecular complexity index is 392. The van der Waals surface area contributed by atoms with Crippen LogP contribution in [0.15, 0.2) is 22.8 Å². The Morgan fingerprint density at radius 3 is 2.82 bits per heavy atom. The van der Waals surface area contributed by atoms with Crippen molar-refractivity contribution in [1.29, 1.82) is 0 Å². The summed E-state index contributed by atoms with van der Waals surface area (Å²) in [4.78, 5) is 4.28. The molecule has 2 unspecified atom stereocenters. The van der Waals surface area contributed by atoms with Gasteiger partial charge in [-0.3, -0.25) is 0 Å². The van der Waals surface area contributed by atoms with Crippen molar-refractivity contribution in [3.05, 3.63) is 22.8 Å². The van der Waals surface area contributed by atoms with Gasteiger partial charge in [0.15, 0.2) is 0 Å². The first-order valence-corrected chi connectivity index (χ1v) is 7.03. The van der Waals surface area contributed by atoms with Gasteiger partial charge >= 0.3 is 0 Å². The van der Waals surface area contributed by atoms with Crippen LogP contribution in [0.3, 0.4) is 0 Å². The number of halogens is 1. The van der Waals surface area contributed by atoms with E-state index in [0.29, 0.717) is 11.5 Å². The first kappa shape index (κ1) is 12.9. The van der Waals surface area contributed by atoms with Crippen molar-refractivity contribution in [2.45, 2.75) is 46.1 Å². The van der Waals surface area contributed by atoms with E-state index in [1.807, 2.05) is 12.1 Å². The van der Waals surface area contributed by atoms with E-state index in [1.165, 1.54) is 6.42 Å². The summed E-state index contributed by atoms with van der Waals surface area (Å²) in [6, 6.07) is 3.88. The Morgan fingerprint density at radius 2 is 2.18 bits per heavy atom. The number of aromatic nitrogens is 1. The average molecular weight is 298 g/mol. The summed E-state index contributed by atoms with van der Waals surface area (Å²) in [6.45, 7) is 6.96. The predicted molar refractivity (Wildman–Crippen MR) is 73.1 cm³/mol. The van der Waals surface area contributed by atoms with Crippen LogP contribution in [-0.4, -0.2) is 11.1 Å². The fraction of sp³-hybridized carbons (Fsp3) is 0.643. The predicted octanol–water partition coefficient (Wildman–Crippen LogP) is 4.44. The lowest BCUT2D eigenvalue weighted by Gasteiger charge is -2.38. The summed E-state index contributed by atoms with van der Waals surface area (Å²) in [5.74, 6) is 1.45. The smallest absolute Gasteiger partial charge is 0.228 e. The zero-order chi connectivity index (χ0) is 12.5. The molecule has 0 aromatic carbocycles. The molecule has 1 aliphatic rings. The van der Waals surface area contributed by atoms with Gasteiger partial charge in [0.1, 0.15) is 6.10 Å². The van der Waals surface area contributed by atoms with Gasteiger partial charge in [-0.15, -0.1) is 0 Å². The van der Waals surface area contributed by atoms with E-state index in [4.69, 9.17) is 4.74 Å². The molecule has 94 valence electrons. The molecule has 0 bridgehead atoms. The Kier molecular flexibility index (Phi) is 3.76. The van der Waals surface area contributed by atoms with Crippen LogP contribution in [0.4, 0.5) is 0 Å². The van der Waals surface area contributed by atoms with Gasteiger partial charge in [0.05, 0.1) is 4.47 Å². The summed E-state index contributed by atoms with van der Waals surface area (Å²) in [5, 5.41) is 0. The lowest BCUT2D eigenvalue weighted by molar-refractivity contribution is 0.0527. The third kappa shape index (κ3) is 3.44. The first-order valence-electron chi connectivity index (χ1n) is 6.23. The van der Waals surface area contributed by atoms with Crippen molar-refractivity contribution in [2.75, 3.05) is 0 Å². The van der Waals surface area contributed by atoms with Crippen LogP contribution in [0.25, 0.3) is 0 Å². The maximum absolute atomic E-state index is 6.03. The number of hydrogen-bond donors (Lipinski definition) is 0. The van der Waals surface area contributed by atoms with Crippen LogP contribution in [0.2, 0.25) is 0 Å². The van der Waals surface area contributed by atoms with Crippen molar-refractivity contribution < 1.29 is 4.74 Å². The molecule has 0 spiro atoms. The summed E-state index contributed by atoms with van der Waals surface area (Å²) < 4.78 is 6.97. The van der Waals surface area contributed by atoms with E-state index in [2.05, 4.69) is 41.7 Å². The molecule has 2 atom stereocenters. The molecule has 17 heavy (non-hydrogen) atoms. The largest absolute Gasteiger partial charge is 0.474 e. The van der Waals surface area contributed by atoms with Crippen molar-refractivity contribution in [3.63, 3.8) is 0 Å². The molecule has 3 heteroatoms. The minimum Gasteiger partial charge on any atom is -0.474 e. The molecule has 0 saturated heterocycles. The van der Waals surface area contributed by atoms with Crippen LogP contribution in [0, 0.1) is 11.3 Å². The Hall–Kier alpha value is -0.570. The van der Waals surface area contributed by atoms with Crippen molar-refractivity contribution in [2.24, 2.45) is 11.3 Å². The van der Waals surface area contributed by atoms with E-state index in [9.17, 15) is 0 Å². The zero-order valence-corrected chi connectivity index (χ0v) is 12.3. The highest BCUT2D eigenvalue weighted by Gasteiger charge is 2.33. The van der Waals surface area contributed by atoms with E-state index >= 15 is 0 Å². The molecule has 2 rings (SSSR count). The Morgan fingerprint density at radius 1 is 1.41 bits per heavy atom. The fourth-order valence-electron chi connectivity index (χ4n) is 2.96. The van der Waals surface area contributed by atoms with Crippen LogP contribution < -0.4 is 4.74 Å². The minimum absolute atomic E-state index is 0.292. The van der Waals surface area contributed by atoms with Gasteiger partial charge in [-0.05, 0) is 58.7 Å². The van der Waals surface area contributed by atoms with Crippen LogP contribution in [-0.2, 0) is 0 Å². The molecule has 1 saturated carbocycles. The molecular formula is C14H20BrNO. The van der Waals surface area contributed by atoms with Gasteiger partial charge in [-0.2, -0.15) is 0 Å². The van der Waals surface area contributed by atoms with Gasteiger partial charge in [0.25, 0.3) is 0 Å². The van der Waals surface area contributed by atoms with Crippen LogP contribution in [0.5, 0.6) is 5.88 Å². The lowest BCUT2D eigenvalue weighted by Crippen LogP contribution is -2.34. The second-order valence-electron chi connectivity index (χ2n) is 5.94. The molecule has 0 aliphatic heterocycles. The normalized spacial score (nSPS) is 27.8. The highest BCUT2D eigenvalue weighted by atomic mass is 79.9. The monoisotopic (exact) mass is 297 g/mol. The average Bonchev–Trinajstić information content (AvgIpc) is 2.18. The van der Waals surface area contributed by atoms with E-state index in [0.717, 1.165) is 29.1 Å². The van der Waals surface area contributed by atoms with Crippen molar-refractivity contribution in [1.82, 2.24) is 4.98 Å². The number of nitrogens with zero attached hydrogens (tertiary/aromatic N) is 1. The third-order valence-electron chi connectivity index (χ3n) is 3.35. The van der Waals surface area contributed by atoms with Crippen LogP contribution in [0.1, 0.15) is 40.0 Å². The van der Waals surface area contributed by atoms with Gasteiger partial charge in [-0.25, -0.2) is 4.98 Å². The Labute approximate surface area is 112 Å². The van der Waals surface area contributed by atoms with Gasteiger partial charge in [-0.1, -0.05) is 20.8 Å². The molecule has 1 aromatic heterocycles. The maximum atomic E-state index is 6.03. The zero-order valence-electron chi connectivity index (χ0n) is 10.7. The van der Waals surface area contributed by atoms with Gasteiger partial charge in [0, 0.05) is 6.20 Å². The van der Waals surface area contributed by atoms with E-state index in [1.54, 1.807) is 6.20 Å². The number of rotatable bonds is 2. The minimum atomic E-state index is 0.292. The van der Waals surface area contributed by atoms with Gasteiger partial charge < -0.3 is 4.74 Å². The molecule has 0 amide bonds. The topological polar surface area (TPSA) is 22.1 Å². The van der Waals surface area contributed by atoms with Crippen LogP contribution >= 0.6 is 15.9 Å². The van der Waals surface area contributed by atoms with E-state index in [-0.39, 0.29) is 0 Å². The SMILES string of the molecule is CC1CC(Oc2ncccc2Br)CC(C)(C)C1. The summed E-state index contributed by atoms with van der Waals surface area (Å²) in [7, 11) is 0. The lowest BCUT2D eigenvalue weighted by atomic mass is 9.71.